The molecule has 4 unspecified atom stereocenters. The van der Waals surface area contributed by atoms with Crippen LogP contribution < -0.4 is 5.56 Å². The number of nitrogens with one attached hydrogen (secondary N) is 1. The molecule has 9 nitrogen and oxygen atoms in total. The molecule has 244 valence electrons. The number of H-pyrrole nitrogens is 1. The second kappa shape index (κ2) is 14.2. The summed E-state index contributed by atoms with van der Waals surface area (Å²) in [5, 5.41) is 14.6. The number of tetrazole rings is 1. The highest BCUT2D eigenvalue weighted by Crippen LogP contribution is 2.37. The van der Waals surface area contributed by atoms with Gasteiger partial charge in [0.15, 0.2) is 0 Å². The Kier molecular flexibility index (Phi) is 9.85. The molecule has 0 saturated heterocycles. The standard InChI is InChI=1S/C37H48N6O3/c1-5-6-13-33-32(22-26-15-17-27(18-16-26)30-11-7-8-12-31(30)36-38-40-41-39-36)37(45)42-20-9-10-28(43(33)42)23-35(44)46-34-21-25(4)14-19-29(34)24(2)3/h7-8,11-12,15-18,24-25,28-29,34H,5-6,9-10,13-14,19-23H2,1-4H3,(H,38,39,40,41). The van der Waals surface area contributed by atoms with Crippen molar-refractivity contribution in [1.29, 1.82) is 0 Å². The largest absolute Gasteiger partial charge is 0.462 e. The molecular formula is C37H48N6O3. The number of nitrogens with zero attached hydrogens (tertiary/aromatic N) is 5. The van der Waals surface area contributed by atoms with Crippen LogP contribution in [-0.2, 0) is 28.9 Å². The fourth-order valence-corrected chi connectivity index (χ4v) is 7.73. The Labute approximate surface area is 271 Å². The van der Waals surface area contributed by atoms with Crippen LogP contribution in [0.5, 0.6) is 0 Å². The van der Waals surface area contributed by atoms with Crippen molar-refractivity contribution in [1.82, 2.24) is 30.0 Å². The molecule has 46 heavy (non-hydrogen) atoms. The molecule has 1 N–H and O–H groups in total. The quantitative estimate of drug-likeness (QED) is 0.178. The Morgan fingerprint density at radius 1 is 1.07 bits per heavy atom. The van der Waals surface area contributed by atoms with Crippen molar-refractivity contribution >= 4 is 5.97 Å². The van der Waals surface area contributed by atoms with Gasteiger partial charge in [-0.1, -0.05) is 89.1 Å². The minimum absolute atomic E-state index is 0.0102. The van der Waals surface area contributed by atoms with Crippen molar-refractivity contribution in [2.75, 3.05) is 0 Å². The van der Waals surface area contributed by atoms with E-state index < -0.39 is 0 Å². The maximum atomic E-state index is 14.0. The smallest absolute Gasteiger partial charge is 0.308 e. The van der Waals surface area contributed by atoms with Crippen LogP contribution in [-0.4, -0.2) is 42.1 Å². The zero-order chi connectivity index (χ0) is 32.2. The first kappa shape index (κ1) is 32.0. The molecule has 2 aliphatic rings. The van der Waals surface area contributed by atoms with E-state index in [0.717, 1.165) is 78.5 Å². The number of unbranched alkanes of at least 4 members (excludes halogenated alkanes) is 1. The van der Waals surface area contributed by atoms with E-state index in [1.807, 2.05) is 22.9 Å². The number of aromatic nitrogens is 6. The van der Waals surface area contributed by atoms with Crippen LogP contribution in [0.25, 0.3) is 22.5 Å². The number of aromatic amines is 1. The number of carbonyl (C=O) groups excluding carboxylic acids is 1. The van der Waals surface area contributed by atoms with Crippen LogP contribution in [0, 0.1) is 17.8 Å². The Morgan fingerprint density at radius 3 is 2.57 bits per heavy atom. The SMILES string of the molecule is CCCCc1c(Cc2ccc(-c3ccccc3-c3nn[nH]n3)cc2)c(=O)n2n1C(CC(=O)OC1CC(C)CCC1C(C)C)CCC2. The van der Waals surface area contributed by atoms with Crippen LogP contribution >= 0.6 is 0 Å². The number of carbonyl (C=O) groups is 1. The highest BCUT2D eigenvalue weighted by molar-refractivity contribution is 5.80. The first-order valence-electron chi connectivity index (χ1n) is 17.3. The van der Waals surface area contributed by atoms with Crippen molar-refractivity contribution < 1.29 is 9.53 Å². The van der Waals surface area contributed by atoms with Crippen LogP contribution in [0.2, 0.25) is 0 Å². The predicted molar refractivity (Wildman–Crippen MR) is 179 cm³/mol. The van der Waals surface area contributed by atoms with E-state index in [2.05, 4.69) is 83.3 Å². The van der Waals surface area contributed by atoms with Gasteiger partial charge in [-0.05, 0) is 78.2 Å². The summed E-state index contributed by atoms with van der Waals surface area (Å²) < 4.78 is 10.3. The summed E-state index contributed by atoms with van der Waals surface area (Å²) in [7, 11) is 0. The summed E-state index contributed by atoms with van der Waals surface area (Å²) in [4.78, 5) is 27.5. The summed E-state index contributed by atoms with van der Waals surface area (Å²) in [6.07, 6.45) is 8.76. The summed E-state index contributed by atoms with van der Waals surface area (Å²) in [5.74, 6) is 1.92. The lowest BCUT2D eigenvalue weighted by Gasteiger charge is -2.37. The summed E-state index contributed by atoms with van der Waals surface area (Å²) >= 11 is 0. The first-order valence-corrected chi connectivity index (χ1v) is 17.3. The molecule has 1 aliphatic carbocycles. The molecule has 0 radical (unpaired) electrons. The molecule has 6 rings (SSSR count). The van der Waals surface area contributed by atoms with Gasteiger partial charge in [0.1, 0.15) is 6.10 Å². The third-order valence-electron chi connectivity index (χ3n) is 10.2. The highest BCUT2D eigenvalue weighted by atomic mass is 16.5. The molecule has 9 heteroatoms. The zero-order valence-corrected chi connectivity index (χ0v) is 27.7. The lowest BCUT2D eigenvalue weighted by Crippen LogP contribution is -2.37. The van der Waals surface area contributed by atoms with Gasteiger partial charge >= 0.3 is 5.97 Å². The molecule has 2 aromatic heterocycles. The monoisotopic (exact) mass is 624 g/mol. The molecule has 4 aromatic rings. The number of benzene rings is 2. The van der Waals surface area contributed by atoms with Crippen LogP contribution in [0.4, 0.5) is 0 Å². The summed E-state index contributed by atoms with van der Waals surface area (Å²) in [6.45, 7) is 9.62. The molecule has 0 bridgehead atoms. The van der Waals surface area contributed by atoms with Gasteiger partial charge in [0, 0.05) is 29.8 Å². The molecule has 3 heterocycles. The van der Waals surface area contributed by atoms with Gasteiger partial charge in [-0.3, -0.25) is 14.3 Å². The van der Waals surface area contributed by atoms with Crippen LogP contribution in [0.1, 0.15) is 102 Å². The van der Waals surface area contributed by atoms with Gasteiger partial charge in [-0.2, -0.15) is 5.21 Å². The van der Waals surface area contributed by atoms with Gasteiger partial charge < -0.3 is 4.74 Å². The topological polar surface area (TPSA) is 108 Å². The van der Waals surface area contributed by atoms with E-state index in [-0.39, 0.29) is 23.7 Å². The fraction of sp³-hybridized carbons (Fsp3) is 0.541. The number of ether oxygens (including phenoxy) is 1. The molecule has 4 atom stereocenters. The Balaban J connectivity index is 1.24. The second-order valence-electron chi connectivity index (χ2n) is 13.8. The average molecular weight is 625 g/mol. The third-order valence-corrected chi connectivity index (χ3v) is 10.2. The van der Waals surface area contributed by atoms with Gasteiger partial charge in [-0.15, -0.1) is 10.2 Å². The van der Waals surface area contributed by atoms with E-state index in [1.165, 1.54) is 6.42 Å². The first-order chi connectivity index (χ1) is 22.3. The van der Waals surface area contributed by atoms with E-state index in [4.69, 9.17) is 4.74 Å². The van der Waals surface area contributed by atoms with E-state index >= 15 is 0 Å². The predicted octanol–water partition coefficient (Wildman–Crippen LogP) is 7.16. The fourth-order valence-electron chi connectivity index (χ4n) is 7.73. The number of fused-ring (bicyclic) bond motifs is 1. The van der Waals surface area contributed by atoms with Gasteiger partial charge in [-0.25, -0.2) is 4.68 Å². The molecular weight excluding hydrogens is 576 g/mol. The molecule has 1 saturated carbocycles. The molecule has 2 aromatic carbocycles. The van der Waals surface area contributed by atoms with Crippen molar-refractivity contribution in [3.8, 4) is 22.5 Å². The molecule has 1 fully saturated rings. The third kappa shape index (κ3) is 6.74. The summed E-state index contributed by atoms with van der Waals surface area (Å²) in [6, 6.07) is 16.4. The van der Waals surface area contributed by atoms with Crippen molar-refractivity contribution in [3.63, 3.8) is 0 Å². The maximum Gasteiger partial charge on any atom is 0.308 e. The van der Waals surface area contributed by atoms with Gasteiger partial charge in [0.05, 0.1) is 12.5 Å². The molecule has 0 amide bonds. The van der Waals surface area contributed by atoms with Gasteiger partial charge in [0.2, 0.25) is 5.82 Å². The normalized spacial score (nSPS) is 21.3. The maximum absolute atomic E-state index is 14.0. The minimum atomic E-state index is -0.121. The zero-order valence-electron chi connectivity index (χ0n) is 27.7. The van der Waals surface area contributed by atoms with E-state index in [9.17, 15) is 9.59 Å². The lowest BCUT2D eigenvalue weighted by atomic mass is 9.75. The van der Waals surface area contributed by atoms with Crippen LogP contribution in [0.3, 0.4) is 0 Å². The van der Waals surface area contributed by atoms with Crippen LogP contribution in [0.15, 0.2) is 53.3 Å². The highest BCUT2D eigenvalue weighted by Gasteiger charge is 2.35. The van der Waals surface area contributed by atoms with E-state index in [0.29, 0.717) is 43.0 Å². The lowest BCUT2D eigenvalue weighted by molar-refractivity contribution is -0.157. The number of rotatable bonds is 11. The Morgan fingerprint density at radius 2 is 1.85 bits per heavy atom. The average Bonchev–Trinajstić information content (AvgIpc) is 3.68. The number of hydrogen-bond donors (Lipinski definition) is 1. The second-order valence-corrected chi connectivity index (χ2v) is 13.8. The number of esters is 1. The number of hydrogen-bond acceptors (Lipinski definition) is 6. The minimum Gasteiger partial charge on any atom is -0.462 e. The Bertz CT molecular complexity index is 1670. The van der Waals surface area contributed by atoms with E-state index in [1.54, 1.807) is 0 Å². The van der Waals surface area contributed by atoms with Gasteiger partial charge in [0.25, 0.3) is 5.56 Å². The van der Waals surface area contributed by atoms with Crippen molar-refractivity contribution in [3.05, 3.63) is 75.7 Å². The molecule has 0 spiro atoms. The molecule has 1 aliphatic heterocycles. The Hall–Kier alpha value is -4.01. The van der Waals surface area contributed by atoms with Crippen molar-refractivity contribution in [2.24, 2.45) is 17.8 Å². The van der Waals surface area contributed by atoms with Crippen molar-refractivity contribution in [2.45, 2.75) is 111 Å². The summed E-state index contributed by atoms with van der Waals surface area (Å²) in [5.41, 5.74) is 6.09.